The van der Waals surface area contributed by atoms with E-state index in [0.717, 1.165) is 67.2 Å². The summed E-state index contributed by atoms with van der Waals surface area (Å²) in [6.07, 6.45) is 0. The number of para-hydroxylation sites is 3. The summed E-state index contributed by atoms with van der Waals surface area (Å²) in [6.45, 7) is 0. The highest BCUT2D eigenvalue weighted by Crippen LogP contribution is 2.44. The highest BCUT2D eigenvalue weighted by Gasteiger charge is 2.18. The molecule has 9 aromatic carbocycles. The molecule has 264 valence electrons. The molecule has 0 N–H and O–H groups in total. The van der Waals surface area contributed by atoms with Crippen LogP contribution in [-0.4, -0.2) is 0 Å². The lowest BCUT2D eigenvalue weighted by molar-refractivity contribution is 0.669. The third-order valence-electron chi connectivity index (χ3n) is 10.8. The minimum Gasteiger partial charge on any atom is -0.456 e. The van der Waals surface area contributed by atoms with Gasteiger partial charge in [0.1, 0.15) is 11.2 Å². The second-order valence-corrected chi connectivity index (χ2v) is 15.2. The van der Waals surface area contributed by atoms with E-state index in [-0.39, 0.29) is 0 Å². The van der Waals surface area contributed by atoms with Gasteiger partial charge in [0.05, 0.1) is 0 Å². The first-order valence-corrected chi connectivity index (χ1v) is 19.7. The summed E-state index contributed by atoms with van der Waals surface area (Å²) in [5.41, 5.74) is 10.6. The molecule has 0 amide bonds. The van der Waals surface area contributed by atoms with Gasteiger partial charge in [-0.25, -0.2) is 0 Å². The van der Waals surface area contributed by atoms with Gasteiger partial charge in [0.2, 0.25) is 0 Å². The Labute approximate surface area is 328 Å². The van der Waals surface area contributed by atoms with Crippen LogP contribution < -0.4 is 9.80 Å². The SMILES string of the molecule is c1ccc(N(c2ccccc2)c2ccc(-c3ccc4oc5cc(N(c6ccccc6)c6ccc7sc8c9ccccc9ccc8c7c6)ccc5c4c3)cc2)cc1. The van der Waals surface area contributed by atoms with Crippen molar-refractivity contribution in [3.8, 4) is 11.1 Å². The Morgan fingerprint density at radius 3 is 1.59 bits per heavy atom. The largest absolute Gasteiger partial charge is 0.456 e. The van der Waals surface area contributed by atoms with Crippen LogP contribution in [0.15, 0.2) is 211 Å². The van der Waals surface area contributed by atoms with Crippen LogP contribution in [0.25, 0.3) is 64.0 Å². The summed E-state index contributed by atoms with van der Waals surface area (Å²) in [5.74, 6) is 0. The monoisotopic (exact) mass is 734 g/mol. The van der Waals surface area contributed by atoms with Gasteiger partial charge in [-0.3, -0.25) is 0 Å². The van der Waals surface area contributed by atoms with Gasteiger partial charge < -0.3 is 14.2 Å². The Bertz CT molecular complexity index is 3150. The van der Waals surface area contributed by atoms with Crippen LogP contribution in [0.2, 0.25) is 0 Å². The number of furan rings is 1. The number of benzene rings is 9. The molecule has 4 heteroatoms. The van der Waals surface area contributed by atoms with E-state index in [2.05, 4.69) is 216 Å². The molecular weight excluding hydrogens is 701 g/mol. The molecule has 11 aromatic rings. The standard InChI is InChI=1S/C52H34N2OS/c1-4-13-38(14-5-1)53(39-15-6-2-7-16-39)41-24-20-35(21-25-41)37-23-30-49-47(32-37)45-29-26-43(34-50(45)55-49)54(40-17-8-3-9-18-40)42-27-31-51-48(33-42)46-28-22-36-12-10-11-19-44(36)52(46)56-51/h1-34H. The predicted octanol–water partition coefficient (Wildman–Crippen LogP) is 15.7. The van der Waals surface area contributed by atoms with Crippen molar-refractivity contribution in [2.75, 3.05) is 9.80 Å². The van der Waals surface area contributed by atoms with E-state index in [1.165, 1.54) is 30.9 Å². The molecule has 2 heterocycles. The van der Waals surface area contributed by atoms with Crippen molar-refractivity contribution in [3.05, 3.63) is 206 Å². The van der Waals surface area contributed by atoms with Crippen LogP contribution in [-0.2, 0) is 0 Å². The maximum atomic E-state index is 6.58. The second-order valence-electron chi connectivity index (χ2n) is 14.2. The van der Waals surface area contributed by atoms with Gasteiger partial charge in [-0.15, -0.1) is 11.3 Å². The molecule has 0 bridgehead atoms. The lowest BCUT2D eigenvalue weighted by atomic mass is 10.0. The van der Waals surface area contributed by atoms with Crippen LogP contribution in [0.4, 0.5) is 34.1 Å². The molecule has 0 saturated carbocycles. The Hall–Kier alpha value is -7.14. The van der Waals surface area contributed by atoms with Crippen LogP contribution in [0, 0.1) is 0 Å². The minimum absolute atomic E-state index is 0.862. The Balaban J connectivity index is 0.970. The number of hydrogen-bond donors (Lipinski definition) is 0. The third-order valence-corrected chi connectivity index (χ3v) is 12.0. The fourth-order valence-corrected chi connectivity index (χ4v) is 9.36. The van der Waals surface area contributed by atoms with Crippen LogP contribution in [0.1, 0.15) is 0 Å². The quantitative estimate of drug-likeness (QED) is 0.163. The molecule has 0 aliphatic rings. The van der Waals surface area contributed by atoms with Crippen molar-refractivity contribution in [2.45, 2.75) is 0 Å². The zero-order valence-corrected chi connectivity index (χ0v) is 31.2. The van der Waals surface area contributed by atoms with Gasteiger partial charge in [0.25, 0.3) is 0 Å². The minimum atomic E-state index is 0.862. The fourth-order valence-electron chi connectivity index (χ4n) is 8.14. The molecule has 0 spiro atoms. The smallest absolute Gasteiger partial charge is 0.137 e. The number of rotatable bonds is 7. The zero-order valence-electron chi connectivity index (χ0n) is 30.3. The number of fused-ring (bicyclic) bond motifs is 8. The molecule has 0 saturated heterocycles. The van der Waals surface area contributed by atoms with Crippen molar-refractivity contribution in [1.82, 2.24) is 0 Å². The molecule has 56 heavy (non-hydrogen) atoms. The van der Waals surface area contributed by atoms with E-state index in [4.69, 9.17) is 4.42 Å². The van der Waals surface area contributed by atoms with Gasteiger partial charge in [-0.1, -0.05) is 109 Å². The molecule has 0 radical (unpaired) electrons. The van der Waals surface area contributed by atoms with Gasteiger partial charge in [-0.05, 0) is 113 Å². The van der Waals surface area contributed by atoms with Crippen molar-refractivity contribution < 1.29 is 4.42 Å². The van der Waals surface area contributed by atoms with E-state index in [1.54, 1.807) is 0 Å². The Morgan fingerprint density at radius 1 is 0.321 bits per heavy atom. The van der Waals surface area contributed by atoms with Crippen molar-refractivity contribution in [1.29, 1.82) is 0 Å². The lowest BCUT2D eigenvalue weighted by Crippen LogP contribution is -2.09. The molecule has 11 rings (SSSR count). The predicted molar refractivity (Wildman–Crippen MR) is 239 cm³/mol. The van der Waals surface area contributed by atoms with Gasteiger partial charge >= 0.3 is 0 Å². The molecule has 3 nitrogen and oxygen atoms in total. The highest BCUT2D eigenvalue weighted by atomic mass is 32.1. The fraction of sp³-hybridized carbons (Fsp3) is 0. The highest BCUT2D eigenvalue weighted by molar-refractivity contribution is 7.26. The summed E-state index contributed by atoms with van der Waals surface area (Å²) in [5, 5.41) is 7.35. The molecule has 0 aliphatic carbocycles. The maximum absolute atomic E-state index is 6.58. The maximum Gasteiger partial charge on any atom is 0.137 e. The molecule has 0 unspecified atom stereocenters. The number of thiophene rings is 1. The normalized spacial score (nSPS) is 11.6. The average molecular weight is 735 g/mol. The molecular formula is C52H34N2OS. The molecule has 0 atom stereocenters. The van der Waals surface area contributed by atoms with E-state index < -0.39 is 0 Å². The van der Waals surface area contributed by atoms with Crippen LogP contribution in [0.3, 0.4) is 0 Å². The molecule has 0 fully saturated rings. The summed E-state index contributed by atoms with van der Waals surface area (Å²) in [6, 6.07) is 73.7. The average Bonchev–Trinajstić information content (AvgIpc) is 3.83. The first-order valence-electron chi connectivity index (χ1n) is 18.9. The number of hydrogen-bond acceptors (Lipinski definition) is 4. The Morgan fingerprint density at radius 2 is 0.875 bits per heavy atom. The second kappa shape index (κ2) is 13.3. The zero-order chi connectivity index (χ0) is 37.0. The number of nitrogens with zero attached hydrogens (tertiary/aromatic N) is 2. The molecule has 2 aromatic heterocycles. The summed E-state index contributed by atoms with van der Waals surface area (Å²) in [7, 11) is 0. The van der Waals surface area contributed by atoms with E-state index >= 15 is 0 Å². The van der Waals surface area contributed by atoms with Gasteiger partial charge in [0, 0.05) is 71.1 Å². The topological polar surface area (TPSA) is 19.6 Å². The summed E-state index contributed by atoms with van der Waals surface area (Å²) >= 11 is 1.87. The molecule has 0 aliphatic heterocycles. The number of anilines is 6. The van der Waals surface area contributed by atoms with Gasteiger partial charge in [0.15, 0.2) is 0 Å². The van der Waals surface area contributed by atoms with Crippen LogP contribution in [0.5, 0.6) is 0 Å². The lowest BCUT2D eigenvalue weighted by Gasteiger charge is -2.25. The first kappa shape index (κ1) is 32.3. The third kappa shape index (κ3) is 5.50. The summed E-state index contributed by atoms with van der Waals surface area (Å²) in [4.78, 5) is 4.62. The summed E-state index contributed by atoms with van der Waals surface area (Å²) < 4.78 is 9.20. The Kier molecular flexibility index (Phi) is 7.68. The van der Waals surface area contributed by atoms with Gasteiger partial charge in [-0.2, -0.15) is 0 Å². The van der Waals surface area contributed by atoms with Crippen molar-refractivity contribution in [2.24, 2.45) is 0 Å². The van der Waals surface area contributed by atoms with E-state index in [9.17, 15) is 0 Å². The first-order chi connectivity index (χ1) is 27.7. The van der Waals surface area contributed by atoms with E-state index in [1.807, 2.05) is 11.3 Å². The van der Waals surface area contributed by atoms with Crippen molar-refractivity contribution in [3.63, 3.8) is 0 Å². The van der Waals surface area contributed by atoms with E-state index in [0.29, 0.717) is 0 Å². The van der Waals surface area contributed by atoms with Crippen LogP contribution >= 0.6 is 11.3 Å². The van der Waals surface area contributed by atoms with Crippen molar-refractivity contribution >= 4 is 98.3 Å².